The zero-order chi connectivity index (χ0) is 20.1. The molecule has 0 unspecified atom stereocenters. The van der Waals surface area contributed by atoms with Crippen molar-refractivity contribution >= 4 is 17.5 Å². The van der Waals surface area contributed by atoms with Crippen molar-refractivity contribution < 1.29 is 9.53 Å². The Hall–Kier alpha value is -4.33. The highest BCUT2D eigenvalue weighted by molar-refractivity contribution is 5.88. The molecule has 8 heteroatoms. The molecule has 0 atom stereocenters. The van der Waals surface area contributed by atoms with Crippen LogP contribution < -0.4 is 15.6 Å². The molecule has 29 heavy (non-hydrogen) atoms. The highest BCUT2D eigenvalue weighted by atomic mass is 16.5. The van der Waals surface area contributed by atoms with Gasteiger partial charge in [0.05, 0.1) is 5.69 Å². The molecule has 8 nitrogen and oxygen atoms in total. The summed E-state index contributed by atoms with van der Waals surface area (Å²) in [5.41, 5.74) is 2.06. The minimum absolute atomic E-state index is 0.00580. The molecular formula is C21H15N5O3. The van der Waals surface area contributed by atoms with Gasteiger partial charge in [0.2, 0.25) is 0 Å². The highest BCUT2D eigenvalue weighted by Gasteiger charge is 2.11. The number of esters is 1. The van der Waals surface area contributed by atoms with E-state index in [1.165, 1.54) is 18.5 Å². The van der Waals surface area contributed by atoms with E-state index in [-0.39, 0.29) is 5.69 Å². The van der Waals surface area contributed by atoms with E-state index in [0.29, 0.717) is 17.3 Å². The summed E-state index contributed by atoms with van der Waals surface area (Å²) in [5, 5.41) is 9.02. The van der Waals surface area contributed by atoms with Gasteiger partial charge in [0.1, 0.15) is 17.9 Å². The molecule has 2 heterocycles. The van der Waals surface area contributed by atoms with Crippen LogP contribution in [-0.2, 0) is 0 Å². The van der Waals surface area contributed by atoms with E-state index in [0.717, 1.165) is 11.3 Å². The van der Waals surface area contributed by atoms with E-state index in [4.69, 9.17) is 4.74 Å². The number of carbonyl (C=O) groups excluding carboxylic acids is 1. The quantitative estimate of drug-likeness (QED) is 0.401. The number of aromatic nitrogens is 4. The van der Waals surface area contributed by atoms with Crippen molar-refractivity contribution in [1.82, 2.24) is 20.2 Å². The van der Waals surface area contributed by atoms with Crippen LogP contribution in [-0.4, -0.2) is 26.1 Å². The molecule has 0 bridgehead atoms. The van der Waals surface area contributed by atoms with Gasteiger partial charge < -0.3 is 10.1 Å². The molecule has 0 spiro atoms. The lowest BCUT2D eigenvalue weighted by Gasteiger charge is -2.09. The molecule has 0 aliphatic heterocycles. The van der Waals surface area contributed by atoms with Crippen LogP contribution in [0.25, 0.3) is 11.3 Å². The van der Waals surface area contributed by atoms with E-state index < -0.39 is 11.5 Å². The Morgan fingerprint density at radius 1 is 0.931 bits per heavy atom. The smallest absolute Gasteiger partial charge is 0.364 e. The van der Waals surface area contributed by atoms with Crippen molar-refractivity contribution in [3.63, 3.8) is 0 Å². The van der Waals surface area contributed by atoms with Gasteiger partial charge in [-0.1, -0.05) is 36.4 Å². The van der Waals surface area contributed by atoms with Crippen LogP contribution in [0.4, 0.5) is 11.5 Å². The van der Waals surface area contributed by atoms with Crippen LogP contribution >= 0.6 is 0 Å². The minimum Gasteiger partial charge on any atom is -0.422 e. The minimum atomic E-state index is -0.674. The number of hydrogen-bond acceptors (Lipinski definition) is 7. The standard InChI is InChI=1S/C21H15N5O3/c27-20-10-9-17(25-26-20)21(28)29-16-8-4-7-15(11-16)24-19-12-18(22-13-23-19)14-5-2-1-3-6-14/h1-13H,(H,26,27)(H,22,23,24). The van der Waals surface area contributed by atoms with Gasteiger partial charge in [0, 0.05) is 29.4 Å². The fourth-order valence-corrected chi connectivity index (χ4v) is 2.60. The van der Waals surface area contributed by atoms with E-state index in [1.54, 1.807) is 18.2 Å². The van der Waals surface area contributed by atoms with Crippen molar-refractivity contribution in [2.45, 2.75) is 0 Å². The maximum Gasteiger partial charge on any atom is 0.364 e. The first-order valence-corrected chi connectivity index (χ1v) is 8.70. The molecule has 0 saturated carbocycles. The van der Waals surface area contributed by atoms with Gasteiger partial charge in [-0.05, 0) is 18.2 Å². The Morgan fingerprint density at radius 3 is 2.59 bits per heavy atom. The summed E-state index contributed by atoms with van der Waals surface area (Å²) >= 11 is 0. The van der Waals surface area contributed by atoms with Crippen LogP contribution in [0.1, 0.15) is 10.5 Å². The van der Waals surface area contributed by atoms with Crippen molar-refractivity contribution in [1.29, 1.82) is 0 Å². The number of nitrogens with one attached hydrogen (secondary N) is 2. The Kier molecular flexibility index (Phi) is 5.06. The van der Waals surface area contributed by atoms with Crippen LogP contribution in [0, 0.1) is 0 Å². The Bertz CT molecular complexity index is 1190. The summed E-state index contributed by atoms with van der Waals surface area (Å²) in [6.45, 7) is 0. The highest BCUT2D eigenvalue weighted by Crippen LogP contribution is 2.23. The van der Waals surface area contributed by atoms with Gasteiger partial charge in [-0.3, -0.25) is 4.79 Å². The number of rotatable bonds is 5. The van der Waals surface area contributed by atoms with Gasteiger partial charge in [0.15, 0.2) is 5.69 Å². The molecular weight excluding hydrogens is 370 g/mol. The first kappa shape index (κ1) is 18.1. The van der Waals surface area contributed by atoms with Crippen LogP contribution in [0.15, 0.2) is 83.9 Å². The summed E-state index contributed by atoms with van der Waals surface area (Å²) in [5.74, 6) is 0.252. The largest absolute Gasteiger partial charge is 0.422 e. The van der Waals surface area contributed by atoms with Crippen LogP contribution in [0.2, 0.25) is 0 Å². The maximum absolute atomic E-state index is 12.1. The van der Waals surface area contributed by atoms with E-state index >= 15 is 0 Å². The molecule has 2 aromatic heterocycles. The predicted octanol–water partition coefficient (Wildman–Crippen LogP) is 3.19. The summed E-state index contributed by atoms with van der Waals surface area (Å²) in [6.07, 6.45) is 1.48. The fourth-order valence-electron chi connectivity index (χ4n) is 2.60. The molecule has 0 amide bonds. The molecule has 0 aliphatic rings. The molecule has 0 aliphatic carbocycles. The van der Waals surface area contributed by atoms with Crippen molar-refractivity contribution in [3.05, 3.63) is 95.2 Å². The summed E-state index contributed by atoms with van der Waals surface area (Å²) in [7, 11) is 0. The van der Waals surface area contributed by atoms with Gasteiger partial charge >= 0.3 is 5.97 Å². The zero-order valence-corrected chi connectivity index (χ0v) is 15.1. The molecule has 142 valence electrons. The SMILES string of the molecule is O=C(Oc1cccc(Nc2cc(-c3ccccc3)ncn2)c1)c1ccc(=O)[nH]n1. The van der Waals surface area contributed by atoms with E-state index in [9.17, 15) is 9.59 Å². The fraction of sp³-hybridized carbons (Fsp3) is 0. The molecule has 0 saturated heterocycles. The third-order valence-corrected chi connectivity index (χ3v) is 3.94. The summed E-state index contributed by atoms with van der Waals surface area (Å²) < 4.78 is 5.32. The maximum atomic E-state index is 12.1. The first-order chi connectivity index (χ1) is 14.2. The number of hydrogen-bond donors (Lipinski definition) is 2. The lowest BCUT2D eigenvalue weighted by Crippen LogP contribution is -2.15. The monoisotopic (exact) mass is 385 g/mol. The molecule has 0 fully saturated rings. The second-order valence-corrected chi connectivity index (χ2v) is 6.00. The third-order valence-electron chi connectivity index (χ3n) is 3.94. The van der Waals surface area contributed by atoms with Crippen molar-refractivity contribution in [2.75, 3.05) is 5.32 Å². The summed E-state index contributed by atoms with van der Waals surface area (Å²) in [6, 6.07) is 21.0. The number of carbonyl (C=O) groups is 1. The first-order valence-electron chi connectivity index (χ1n) is 8.70. The van der Waals surface area contributed by atoms with Gasteiger partial charge in [0.25, 0.3) is 5.56 Å². The molecule has 2 N–H and O–H groups in total. The molecule has 4 rings (SSSR count). The Balaban J connectivity index is 1.50. The molecule has 2 aromatic carbocycles. The van der Waals surface area contributed by atoms with Crippen LogP contribution in [0.5, 0.6) is 5.75 Å². The average Bonchev–Trinajstić information content (AvgIpc) is 2.75. The Morgan fingerprint density at radius 2 is 1.79 bits per heavy atom. The second kappa shape index (κ2) is 8.13. The Labute approximate surface area is 165 Å². The second-order valence-electron chi connectivity index (χ2n) is 6.00. The number of ether oxygens (including phenoxy) is 1. The van der Waals surface area contributed by atoms with E-state index in [1.807, 2.05) is 42.5 Å². The normalized spacial score (nSPS) is 10.3. The van der Waals surface area contributed by atoms with Gasteiger partial charge in [-0.15, -0.1) is 0 Å². The van der Waals surface area contributed by atoms with Crippen LogP contribution in [0.3, 0.4) is 0 Å². The number of nitrogens with zero attached hydrogens (tertiary/aromatic N) is 3. The summed E-state index contributed by atoms with van der Waals surface area (Å²) in [4.78, 5) is 31.7. The van der Waals surface area contributed by atoms with Crippen molar-refractivity contribution in [3.8, 4) is 17.0 Å². The number of aromatic amines is 1. The lowest BCUT2D eigenvalue weighted by atomic mass is 10.1. The molecule has 0 radical (unpaired) electrons. The number of H-pyrrole nitrogens is 1. The topological polar surface area (TPSA) is 110 Å². The molecule has 4 aromatic rings. The van der Waals surface area contributed by atoms with Gasteiger partial charge in [-0.2, -0.15) is 5.10 Å². The van der Waals surface area contributed by atoms with Crippen molar-refractivity contribution in [2.24, 2.45) is 0 Å². The van der Waals surface area contributed by atoms with E-state index in [2.05, 4.69) is 25.5 Å². The predicted molar refractivity (Wildman–Crippen MR) is 107 cm³/mol. The third kappa shape index (κ3) is 4.51. The number of anilines is 2. The lowest BCUT2D eigenvalue weighted by molar-refractivity contribution is 0.0727. The average molecular weight is 385 g/mol. The number of benzene rings is 2. The van der Waals surface area contributed by atoms with Gasteiger partial charge in [-0.25, -0.2) is 19.9 Å². The zero-order valence-electron chi connectivity index (χ0n) is 15.1.